The van der Waals surface area contributed by atoms with Gasteiger partial charge in [-0.25, -0.2) is 0 Å². The minimum absolute atomic E-state index is 0.835. The third kappa shape index (κ3) is 12.0. The van der Waals surface area contributed by atoms with Gasteiger partial charge >= 0.3 is 0 Å². The first-order valence-corrected chi connectivity index (χ1v) is 7.31. The molecule has 0 aliphatic rings. The Balaban J connectivity index is 0. The SMILES string of the molecule is CCC.CCC[NH+](CCC)C(C)CCC[NH3+]. The van der Waals surface area contributed by atoms with E-state index in [2.05, 4.69) is 40.4 Å². The Morgan fingerprint density at radius 3 is 1.75 bits per heavy atom. The van der Waals surface area contributed by atoms with E-state index in [1.54, 1.807) is 4.90 Å². The average molecular weight is 232 g/mol. The zero-order valence-electron chi connectivity index (χ0n) is 12.4. The number of hydrogen-bond acceptors (Lipinski definition) is 0. The maximum atomic E-state index is 3.90. The standard InChI is InChI=1S/C11H26N2.C3H8/c1-4-9-13(10-5-2)11(3)7-6-8-12;1-3-2/h11H,4-10,12H2,1-3H3;3H2,1-2H3/p+2. The van der Waals surface area contributed by atoms with E-state index in [4.69, 9.17) is 0 Å². The average Bonchev–Trinajstić information content (AvgIpc) is 2.26. The summed E-state index contributed by atoms with van der Waals surface area (Å²) in [6.07, 6.45) is 6.50. The van der Waals surface area contributed by atoms with Crippen LogP contribution in [0.5, 0.6) is 0 Å². The van der Waals surface area contributed by atoms with Gasteiger partial charge < -0.3 is 10.6 Å². The number of hydrogen-bond donors (Lipinski definition) is 2. The second-order valence-corrected chi connectivity index (χ2v) is 4.76. The van der Waals surface area contributed by atoms with Gasteiger partial charge in [-0.2, -0.15) is 0 Å². The van der Waals surface area contributed by atoms with Crippen LogP contribution in [0.25, 0.3) is 0 Å². The second-order valence-electron chi connectivity index (χ2n) is 4.76. The number of rotatable bonds is 8. The molecule has 0 amide bonds. The molecule has 1 unspecified atom stereocenters. The van der Waals surface area contributed by atoms with Crippen LogP contribution in [0.15, 0.2) is 0 Å². The number of quaternary nitrogens is 2. The largest absolute Gasteiger partial charge is 0.358 e. The molecule has 0 aliphatic heterocycles. The molecule has 0 bridgehead atoms. The van der Waals surface area contributed by atoms with Crippen molar-refractivity contribution in [2.75, 3.05) is 19.6 Å². The molecule has 16 heavy (non-hydrogen) atoms. The lowest BCUT2D eigenvalue weighted by atomic mass is 10.1. The molecule has 0 aliphatic carbocycles. The van der Waals surface area contributed by atoms with Crippen molar-refractivity contribution in [1.29, 1.82) is 0 Å². The van der Waals surface area contributed by atoms with Gasteiger partial charge in [0.15, 0.2) is 0 Å². The first-order valence-electron chi connectivity index (χ1n) is 7.31. The molecule has 2 nitrogen and oxygen atoms in total. The molecule has 100 valence electrons. The van der Waals surface area contributed by atoms with Crippen LogP contribution < -0.4 is 10.6 Å². The molecule has 0 radical (unpaired) electrons. The highest BCUT2D eigenvalue weighted by molar-refractivity contribution is 4.48. The normalized spacial score (nSPS) is 12.2. The van der Waals surface area contributed by atoms with Crippen molar-refractivity contribution >= 4 is 0 Å². The van der Waals surface area contributed by atoms with Crippen LogP contribution in [0.3, 0.4) is 0 Å². The molecule has 0 saturated heterocycles. The Kier molecular flexibility index (Phi) is 17.1. The lowest BCUT2D eigenvalue weighted by Crippen LogP contribution is -3.15. The Labute approximate surface area is 104 Å². The van der Waals surface area contributed by atoms with Gasteiger partial charge in [0.05, 0.1) is 25.7 Å². The van der Waals surface area contributed by atoms with Crippen LogP contribution in [-0.2, 0) is 0 Å². The zero-order chi connectivity index (χ0) is 12.8. The summed E-state index contributed by atoms with van der Waals surface area (Å²) in [5.41, 5.74) is 3.90. The molecule has 1 atom stereocenters. The summed E-state index contributed by atoms with van der Waals surface area (Å²) in [7, 11) is 0. The van der Waals surface area contributed by atoms with E-state index in [9.17, 15) is 0 Å². The van der Waals surface area contributed by atoms with Gasteiger partial charge in [-0.05, 0) is 19.8 Å². The van der Waals surface area contributed by atoms with Crippen molar-refractivity contribution in [3.63, 3.8) is 0 Å². The molecular formula is C14H36N2+2. The predicted molar refractivity (Wildman–Crippen MR) is 73.7 cm³/mol. The Bertz CT molecular complexity index is 109. The third-order valence-electron chi connectivity index (χ3n) is 2.73. The van der Waals surface area contributed by atoms with Crippen LogP contribution in [0.2, 0.25) is 0 Å². The third-order valence-corrected chi connectivity index (χ3v) is 2.73. The van der Waals surface area contributed by atoms with Crippen molar-refractivity contribution in [1.82, 2.24) is 0 Å². The highest BCUT2D eigenvalue weighted by Gasteiger charge is 2.14. The molecule has 0 aromatic rings. The summed E-state index contributed by atoms with van der Waals surface area (Å²) < 4.78 is 0. The zero-order valence-corrected chi connectivity index (χ0v) is 12.4. The van der Waals surface area contributed by atoms with E-state index in [1.165, 1.54) is 45.2 Å². The minimum Gasteiger partial charge on any atom is -0.358 e. The molecule has 0 spiro atoms. The lowest BCUT2D eigenvalue weighted by Gasteiger charge is -2.25. The molecule has 0 fully saturated rings. The Hall–Kier alpha value is -0.0800. The fourth-order valence-electron chi connectivity index (χ4n) is 1.91. The van der Waals surface area contributed by atoms with Gasteiger partial charge in [-0.15, -0.1) is 0 Å². The first kappa shape index (κ1) is 18.3. The molecule has 0 heterocycles. The summed E-state index contributed by atoms with van der Waals surface area (Å²) in [5.74, 6) is 0. The molecule has 4 N–H and O–H groups in total. The van der Waals surface area contributed by atoms with Gasteiger partial charge in [0.25, 0.3) is 0 Å². The Morgan fingerprint density at radius 1 is 1.00 bits per heavy atom. The van der Waals surface area contributed by atoms with Gasteiger partial charge in [0.1, 0.15) is 0 Å². The lowest BCUT2D eigenvalue weighted by molar-refractivity contribution is -0.924. The summed E-state index contributed by atoms with van der Waals surface area (Å²) in [4.78, 5) is 1.79. The van der Waals surface area contributed by atoms with Gasteiger partial charge in [0, 0.05) is 12.8 Å². The van der Waals surface area contributed by atoms with E-state index >= 15 is 0 Å². The first-order chi connectivity index (χ1) is 7.67. The summed E-state index contributed by atoms with van der Waals surface area (Å²) in [5, 5.41) is 0. The fourth-order valence-corrected chi connectivity index (χ4v) is 1.91. The minimum atomic E-state index is 0.835. The fraction of sp³-hybridized carbons (Fsp3) is 1.00. The molecule has 0 aromatic carbocycles. The molecule has 2 heteroatoms. The van der Waals surface area contributed by atoms with Crippen LogP contribution in [-0.4, -0.2) is 25.7 Å². The van der Waals surface area contributed by atoms with Crippen LogP contribution in [0, 0.1) is 0 Å². The van der Waals surface area contributed by atoms with Gasteiger partial charge in [0.2, 0.25) is 0 Å². The van der Waals surface area contributed by atoms with Gasteiger partial charge in [-0.3, -0.25) is 0 Å². The van der Waals surface area contributed by atoms with Gasteiger partial charge in [-0.1, -0.05) is 34.1 Å². The predicted octanol–water partition coefficient (Wildman–Crippen LogP) is 1.52. The van der Waals surface area contributed by atoms with Crippen molar-refractivity contribution in [3.05, 3.63) is 0 Å². The molecule has 0 saturated carbocycles. The molecule has 0 rings (SSSR count). The number of nitrogens with one attached hydrogen (secondary N) is 1. The Morgan fingerprint density at radius 2 is 1.44 bits per heavy atom. The van der Waals surface area contributed by atoms with Crippen molar-refractivity contribution in [2.45, 2.75) is 72.8 Å². The van der Waals surface area contributed by atoms with E-state index in [0.717, 1.165) is 12.6 Å². The monoisotopic (exact) mass is 232 g/mol. The van der Waals surface area contributed by atoms with Crippen molar-refractivity contribution in [2.24, 2.45) is 0 Å². The van der Waals surface area contributed by atoms with Crippen LogP contribution >= 0.6 is 0 Å². The van der Waals surface area contributed by atoms with Crippen molar-refractivity contribution < 1.29 is 10.6 Å². The summed E-state index contributed by atoms with van der Waals surface area (Å²) in [6, 6.07) is 0.835. The van der Waals surface area contributed by atoms with E-state index in [-0.39, 0.29) is 0 Å². The van der Waals surface area contributed by atoms with Crippen LogP contribution in [0.1, 0.15) is 66.7 Å². The summed E-state index contributed by atoms with van der Waals surface area (Å²) in [6.45, 7) is 15.0. The quantitative estimate of drug-likeness (QED) is 0.636. The highest BCUT2D eigenvalue weighted by atomic mass is 15.1. The topological polar surface area (TPSA) is 32.1 Å². The van der Waals surface area contributed by atoms with Crippen LogP contribution in [0.4, 0.5) is 0 Å². The van der Waals surface area contributed by atoms with E-state index in [1.807, 2.05) is 0 Å². The maximum Gasteiger partial charge on any atom is 0.0848 e. The highest BCUT2D eigenvalue weighted by Crippen LogP contribution is 1.90. The molecule has 0 aromatic heterocycles. The summed E-state index contributed by atoms with van der Waals surface area (Å²) >= 11 is 0. The van der Waals surface area contributed by atoms with E-state index in [0.29, 0.717) is 0 Å². The van der Waals surface area contributed by atoms with Crippen molar-refractivity contribution in [3.8, 4) is 0 Å². The van der Waals surface area contributed by atoms with E-state index < -0.39 is 0 Å². The second kappa shape index (κ2) is 14.9. The molecular weight excluding hydrogens is 196 g/mol. The maximum absolute atomic E-state index is 3.90. The smallest absolute Gasteiger partial charge is 0.0848 e.